The van der Waals surface area contributed by atoms with Crippen molar-refractivity contribution in [2.75, 3.05) is 0 Å². The summed E-state index contributed by atoms with van der Waals surface area (Å²) in [4.78, 5) is 13.3. The van der Waals surface area contributed by atoms with Crippen molar-refractivity contribution in [3.63, 3.8) is 0 Å². The molecule has 2 aliphatic carbocycles. The van der Waals surface area contributed by atoms with Crippen LogP contribution in [-0.4, -0.2) is 11.6 Å². The first-order valence-corrected chi connectivity index (χ1v) is 7.96. The van der Waals surface area contributed by atoms with Gasteiger partial charge in [-0.15, -0.1) is 11.3 Å². The Hall–Kier alpha value is -1.16. The Morgan fingerprint density at radius 1 is 1.47 bits per heavy atom. The van der Waals surface area contributed by atoms with Gasteiger partial charge < -0.3 is 0 Å². The fourth-order valence-electron chi connectivity index (χ4n) is 3.12. The molecule has 4 heteroatoms. The second-order valence-electron chi connectivity index (χ2n) is 6.02. The molecule has 2 saturated carbocycles. The van der Waals surface area contributed by atoms with E-state index in [9.17, 15) is 4.79 Å². The third-order valence-corrected chi connectivity index (χ3v) is 5.50. The summed E-state index contributed by atoms with van der Waals surface area (Å²) in [7, 11) is 0. The molecular weight excluding hydrogens is 256 g/mol. The molecule has 1 heterocycles. The Balaban J connectivity index is 1.63. The standard InChI is InChI=1S/C15H20N2OS/c1-9(2)14-7-12(8-19-14)15(18)17-16-13-6-10-3-4-11(13)5-10/h7-11H,3-6H2,1-2H3,(H,17,18)/b16-13+. The summed E-state index contributed by atoms with van der Waals surface area (Å²) >= 11 is 1.65. The average Bonchev–Trinajstić information content (AvgIpc) is 3.10. The van der Waals surface area contributed by atoms with Gasteiger partial charge in [0.25, 0.3) is 5.91 Å². The van der Waals surface area contributed by atoms with E-state index in [-0.39, 0.29) is 5.91 Å². The molecule has 0 aromatic carbocycles. The van der Waals surface area contributed by atoms with Crippen LogP contribution < -0.4 is 5.43 Å². The van der Waals surface area contributed by atoms with Crippen molar-refractivity contribution < 1.29 is 4.79 Å². The lowest BCUT2D eigenvalue weighted by Gasteiger charge is -2.11. The number of thiophene rings is 1. The van der Waals surface area contributed by atoms with Crippen LogP contribution >= 0.6 is 11.3 Å². The van der Waals surface area contributed by atoms with Gasteiger partial charge in [-0.2, -0.15) is 5.10 Å². The third kappa shape index (κ3) is 2.59. The minimum Gasteiger partial charge on any atom is -0.267 e. The Bertz CT molecular complexity index is 518. The van der Waals surface area contributed by atoms with Gasteiger partial charge in [0.1, 0.15) is 0 Å². The maximum atomic E-state index is 12.0. The van der Waals surface area contributed by atoms with Crippen LogP contribution in [0.2, 0.25) is 0 Å². The normalized spacial score (nSPS) is 27.4. The number of fused-ring (bicyclic) bond motifs is 2. The highest BCUT2D eigenvalue weighted by Crippen LogP contribution is 2.42. The van der Waals surface area contributed by atoms with Crippen molar-refractivity contribution >= 4 is 23.0 Å². The van der Waals surface area contributed by atoms with Gasteiger partial charge in [-0.25, -0.2) is 5.43 Å². The van der Waals surface area contributed by atoms with E-state index in [1.807, 2.05) is 11.4 Å². The van der Waals surface area contributed by atoms with Crippen molar-refractivity contribution in [1.82, 2.24) is 5.43 Å². The highest BCUT2D eigenvalue weighted by atomic mass is 32.1. The van der Waals surface area contributed by atoms with Crippen molar-refractivity contribution in [3.05, 3.63) is 21.9 Å². The number of nitrogens with one attached hydrogen (secondary N) is 1. The second kappa shape index (κ2) is 5.08. The molecule has 1 aromatic heterocycles. The molecule has 2 aliphatic rings. The van der Waals surface area contributed by atoms with Crippen molar-refractivity contribution in [2.24, 2.45) is 16.9 Å². The number of carbonyl (C=O) groups excluding carboxylic acids is 1. The molecule has 0 saturated heterocycles. The molecule has 102 valence electrons. The quantitative estimate of drug-likeness (QED) is 0.839. The smallest absolute Gasteiger partial charge is 0.267 e. The number of nitrogens with zero attached hydrogens (tertiary/aromatic N) is 1. The van der Waals surface area contributed by atoms with Gasteiger partial charge in [-0.05, 0) is 49.5 Å². The first-order chi connectivity index (χ1) is 9.13. The van der Waals surface area contributed by atoms with E-state index in [1.54, 1.807) is 11.3 Å². The summed E-state index contributed by atoms with van der Waals surface area (Å²) in [6, 6.07) is 1.98. The molecule has 0 aliphatic heterocycles. The molecule has 0 spiro atoms. The topological polar surface area (TPSA) is 41.5 Å². The predicted octanol–water partition coefficient (Wildman–Crippen LogP) is 3.78. The molecule has 19 heavy (non-hydrogen) atoms. The van der Waals surface area contributed by atoms with E-state index in [2.05, 4.69) is 24.4 Å². The van der Waals surface area contributed by atoms with Gasteiger partial charge >= 0.3 is 0 Å². The zero-order chi connectivity index (χ0) is 13.4. The van der Waals surface area contributed by atoms with Gasteiger partial charge in [0.2, 0.25) is 0 Å². The lowest BCUT2D eigenvalue weighted by atomic mass is 9.99. The molecule has 1 amide bonds. The Morgan fingerprint density at radius 2 is 2.32 bits per heavy atom. The molecule has 2 atom stereocenters. The van der Waals surface area contributed by atoms with Gasteiger partial charge in [-0.3, -0.25) is 4.79 Å². The van der Waals surface area contributed by atoms with Crippen LogP contribution in [0.5, 0.6) is 0 Å². The van der Waals surface area contributed by atoms with Crippen LogP contribution in [0.3, 0.4) is 0 Å². The molecular formula is C15H20N2OS. The maximum Gasteiger partial charge on any atom is 0.272 e. The van der Waals surface area contributed by atoms with Gasteiger partial charge in [-0.1, -0.05) is 13.8 Å². The monoisotopic (exact) mass is 276 g/mol. The first kappa shape index (κ1) is 12.9. The third-order valence-electron chi connectivity index (χ3n) is 4.26. The Labute approximate surface area is 118 Å². The Morgan fingerprint density at radius 3 is 2.89 bits per heavy atom. The van der Waals surface area contributed by atoms with Crippen LogP contribution in [0, 0.1) is 11.8 Å². The summed E-state index contributed by atoms with van der Waals surface area (Å²) < 4.78 is 0. The molecule has 0 radical (unpaired) electrons. The zero-order valence-corrected chi connectivity index (χ0v) is 12.3. The summed E-state index contributed by atoms with van der Waals surface area (Å²) in [5.41, 5.74) is 4.68. The van der Waals surface area contributed by atoms with E-state index >= 15 is 0 Å². The molecule has 3 nitrogen and oxygen atoms in total. The van der Waals surface area contributed by atoms with E-state index in [1.165, 1.54) is 29.9 Å². The average molecular weight is 276 g/mol. The minimum atomic E-state index is -0.0709. The van der Waals surface area contributed by atoms with Gasteiger partial charge in [0, 0.05) is 16.0 Å². The van der Waals surface area contributed by atoms with Crippen LogP contribution in [0.25, 0.3) is 0 Å². The first-order valence-electron chi connectivity index (χ1n) is 7.08. The van der Waals surface area contributed by atoms with E-state index in [0.29, 0.717) is 11.8 Å². The zero-order valence-electron chi connectivity index (χ0n) is 11.5. The number of hydrogen-bond acceptors (Lipinski definition) is 3. The van der Waals surface area contributed by atoms with Gasteiger partial charge in [0.15, 0.2) is 0 Å². The molecule has 1 N–H and O–H groups in total. The van der Waals surface area contributed by atoms with E-state index in [0.717, 1.165) is 17.9 Å². The highest BCUT2D eigenvalue weighted by molar-refractivity contribution is 7.10. The fraction of sp³-hybridized carbons (Fsp3) is 0.600. The Kier molecular flexibility index (Phi) is 3.44. The van der Waals surface area contributed by atoms with Crippen LogP contribution in [0.4, 0.5) is 0 Å². The maximum absolute atomic E-state index is 12.0. The molecule has 2 unspecified atom stereocenters. The number of carbonyl (C=O) groups is 1. The van der Waals surface area contributed by atoms with Gasteiger partial charge in [0.05, 0.1) is 5.56 Å². The molecule has 1 aromatic rings. The lowest BCUT2D eigenvalue weighted by Crippen LogP contribution is -2.21. The van der Waals surface area contributed by atoms with Crippen molar-refractivity contribution in [3.8, 4) is 0 Å². The number of amides is 1. The molecule has 3 rings (SSSR count). The SMILES string of the molecule is CC(C)c1cc(C(=O)N/N=C2\CC3CCC2C3)cs1. The van der Waals surface area contributed by atoms with E-state index in [4.69, 9.17) is 0 Å². The molecule has 2 fully saturated rings. The fourth-order valence-corrected chi connectivity index (χ4v) is 4.03. The predicted molar refractivity (Wildman–Crippen MR) is 78.8 cm³/mol. The molecule has 2 bridgehead atoms. The van der Waals surface area contributed by atoms with Crippen molar-refractivity contribution in [2.45, 2.75) is 45.4 Å². The summed E-state index contributed by atoms with van der Waals surface area (Å²) in [5, 5.41) is 6.28. The number of hydrogen-bond donors (Lipinski definition) is 1. The van der Waals surface area contributed by atoms with Crippen LogP contribution in [0.1, 0.15) is 60.7 Å². The van der Waals surface area contributed by atoms with Crippen molar-refractivity contribution in [1.29, 1.82) is 0 Å². The summed E-state index contributed by atoms with van der Waals surface area (Å²) in [5.74, 6) is 1.87. The largest absolute Gasteiger partial charge is 0.272 e. The summed E-state index contributed by atoms with van der Waals surface area (Å²) in [6.45, 7) is 4.28. The summed E-state index contributed by atoms with van der Waals surface area (Å²) in [6.07, 6.45) is 4.98. The minimum absolute atomic E-state index is 0.0709. The van der Waals surface area contributed by atoms with E-state index < -0.39 is 0 Å². The lowest BCUT2D eigenvalue weighted by molar-refractivity contribution is 0.0955. The number of hydrazone groups is 1. The second-order valence-corrected chi connectivity index (χ2v) is 6.96. The van der Waals surface area contributed by atoms with Crippen LogP contribution in [0.15, 0.2) is 16.5 Å². The number of rotatable bonds is 3. The highest BCUT2D eigenvalue weighted by Gasteiger charge is 2.36. The van der Waals surface area contributed by atoms with Crippen LogP contribution in [-0.2, 0) is 0 Å².